The van der Waals surface area contributed by atoms with Gasteiger partial charge in [-0.25, -0.2) is 15.0 Å². The van der Waals surface area contributed by atoms with Crippen LogP contribution in [0.5, 0.6) is 0 Å². The Balaban J connectivity index is 2.64. The number of hydrogen-bond donors (Lipinski definition) is 4. The van der Waals surface area contributed by atoms with Crippen molar-refractivity contribution in [1.82, 2.24) is 10.4 Å². The lowest BCUT2D eigenvalue weighted by molar-refractivity contribution is 0.0691. The number of amides is 2. The molecule has 0 atom stereocenters. The Morgan fingerprint density at radius 2 is 2.36 bits per heavy atom. The molecule has 0 aliphatic heterocycles. The van der Waals surface area contributed by atoms with Crippen LogP contribution in [0.1, 0.15) is 16.1 Å². The van der Waals surface area contributed by atoms with E-state index in [-0.39, 0.29) is 5.69 Å². The van der Waals surface area contributed by atoms with E-state index in [1.54, 1.807) is 0 Å². The van der Waals surface area contributed by atoms with Crippen LogP contribution in [-0.4, -0.2) is 28.3 Å². The van der Waals surface area contributed by atoms with E-state index in [0.29, 0.717) is 5.56 Å². The van der Waals surface area contributed by atoms with E-state index in [2.05, 4.69) is 10.1 Å². The molecule has 0 fully saturated rings. The number of H-pyrrole nitrogens is 1. The minimum atomic E-state index is -1.06. The molecule has 0 radical (unpaired) electrons. The van der Waals surface area contributed by atoms with E-state index >= 15 is 0 Å². The molecule has 7 heteroatoms. The number of rotatable bonds is 3. The first-order valence-electron chi connectivity index (χ1n) is 3.60. The molecule has 0 bridgehead atoms. The number of hydrazone groups is 1. The number of hydrogen-bond acceptors (Lipinski definition) is 3. The van der Waals surface area contributed by atoms with Gasteiger partial charge >= 0.3 is 12.0 Å². The van der Waals surface area contributed by atoms with E-state index in [4.69, 9.17) is 10.8 Å². The Morgan fingerprint density at radius 3 is 2.86 bits per heavy atom. The monoisotopic (exact) mass is 196 g/mol. The first kappa shape index (κ1) is 9.78. The summed E-state index contributed by atoms with van der Waals surface area (Å²) in [6.45, 7) is 0. The van der Waals surface area contributed by atoms with Crippen molar-refractivity contribution in [3.63, 3.8) is 0 Å². The molecule has 0 saturated carbocycles. The van der Waals surface area contributed by atoms with Crippen molar-refractivity contribution < 1.29 is 14.7 Å². The molecule has 0 spiro atoms. The van der Waals surface area contributed by atoms with E-state index in [9.17, 15) is 9.59 Å². The topological polar surface area (TPSA) is 121 Å². The summed E-state index contributed by atoms with van der Waals surface area (Å²) >= 11 is 0. The Bertz CT molecular complexity index is 382. The molecule has 74 valence electrons. The third kappa shape index (κ3) is 2.63. The highest BCUT2D eigenvalue weighted by molar-refractivity contribution is 5.89. The first-order valence-corrected chi connectivity index (χ1v) is 3.60. The number of carboxylic acids is 1. The second kappa shape index (κ2) is 4.08. The highest BCUT2D eigenvalue weighted by atomic mass is 16.4. The van der Waals surface area contributed by atoms with Crippen molar-refractivity contribution in [1.29, 1.82) is 0 Å². The van der Waals surface area contributed by atoms with Gasteiger partial charge in [0, 0.05) is 11.8 Å². The molecule has 5 N–H and O–H groups in total. The molecular weight excluding hydrogens is 188 g/mol. The molecule has 2 amide bonds. The van der Waals surface area contributed by atoms with Crippen LogP contribution in [0.3, 0.4) is 0 Å². The second-order valence-corrected chi connectivity index (χ2v) is 2.39. The highest BCUT2D eigenvalue weighted by Gasteiger charge is 2.03. The lowest BCUT2D eigenvalue weighted by atomic mass is 10.3. The van der Waals surface area contributed by atoms with Crippen LogP contribution >= 0.6 is 0 Å². The molecule has 0 aliphatic carbocycles. The van der Waals surface area contributed by atoms with Crippen molar-refractivity contribution in [3.05, 3.63) is 23.5 Å². The number of aromatic amines is 1. The summed E-state index contributed by atoms with van der Waals surface area (Å²) in [7, 11) is 0. The molecular formula is C7H8N4O3. The van der Waals surface area contributed by atoms with Gasteiger partial charge in [-0.2, -0.15) is 5.10 Å². The number of primary amides is 1. The van der Waals surface area contributed by atoms with E-state index < -0.39 is 12.0 Å². The maximum absolute atomic E-state index is 10.4. The zero-order valence-electron chi connectivity index (χ0n) is 7.02. The lowest BCUT2D eigenvalue weighted by Crippen LogP contribution is -2.24. The summed E-state index contributed by atoms with van der Waals surface area (Å²) < 4.78 is 0. The smallest absolute Gasteiger partial charge is 0.352 e. The third-order valence-electron chi connectivity index (χ3n) is 1.32. The fraction of sp³-hybridized carbons (Fsp3) is 0. The fourth-order valence-corrected chi connectivity index (χ4v) is 0.780. The fourth-order valence-electron chi connectivity index (χ4n) is 0.780. The van der Waals surface area contributed by atoms with Gasteiger partial charge in [0.25, 0.3) is 0 Å². The molecule has 1 heterocycles. The summed E-state index contributed by atoms with van der Waals surface area (Å²) in [5.74, 6) is -1.06. The van der Waals surface area contributed by atoms with Crippen LogP contribution < -0.4 is 11.2 Å². The van der Waals surface area contributed by atoms with Crippen molar-refractivity contribution in [2.75, 3.05) is 0 Å². The van der Waals surface area contributed by atoms with E-state index in [1.807, 2.05) is 5.43 Å². The normalized spacial score (nSPS) is 10.3. The average Bonchev–Trinajstić information content (AvgIpc) is 2.52. The predicted octanol–water partition coefficient (Wildman–Crippen LogP) is -0.285. The maximum atomic E-state index is 10.4. The van der Waals surface area contributed by atoms with Crippen LogP contribution in [-0.2, 0) is 0 Å². The molecule has 7 nitrogen and oxygen atoms in total. The SMILES string of the molecule is NC(=O)N/N=C/c1c[nH]c(C(=O)O)c1. The Kier molecular flexibility index (Phi) is 2.85. The predicted molar refractivity (Wildman–Crippen MR) is 48.1 cm³/mol. The zero-order valence-corrected chi connectivity index (χ0v) is 7.02. The van der Waals surface area contributed by atoms with Crippen molar-refractivity contribution >= 4 is 18.2 Å². The quantitative estimate of drug-likeness (QED) is 0.392. The zero-order chi connectivity index (χ0) is 10.6. The number of nitrogens with one attached hydrogen (secondary N) is 2. The van der Waals surface area contributed by atoms with Gasteiger partial charge in [0.2, 0.25) is 0 Å². The van der Waals surface area contributed by atoms with E-state index in [1.165, 1.54) is 18.5 Å². The minimum Gasteiger partial charge on any atom is -0.477 e. The Hall–Kier alpha value is -2.31. The van der Waals surface area contributed by atoms with Gasteiger partial charge in [-0.1, -0.05) is 0 Å². The summed E-state index contributed by atoms with van der Waals surface area (Å²) in [5, 5.41) is 12.0. The molecule has 0 aromatic carbocycles. The largest absolute Gasteiger partial charge is 0.477 e. The number of carbonyl (C=O) groups excluding carboxylic acids is 1. The second-order valence-electron chi connectivity index (χ2n) is 2.39. The van der Waals surface area contributed by atoms with E-state index in [0.717, 1.165) is 0 Å². The summed E-state index contributed by atoms with van der Waals surface area (Å²) in [6, 6.07) is 0.587. The van der Waals surface area contributed by atoms with Crippen molar-refractivity contribution in [3.8, 4) is 0 Å². The van der Waals surface area contributed by atoms with Gasteiger partial charge < -0.3 is 15.8 Å². The molecule has 14 heavy (non-hydrogen) atoms. The summed E-state index contributed by atoms with van der Waals surface area (Å²) in [6.07, 6.45) is 2.71. The third-order valence-corrected chi connectivity index (χ3v) is 1.32. The van der Waals surface area contributed by atoms with Gasteiger partial charge in [-0.05, 0) is 6.07 Å². The molecule has 1 rings (SSSR count). The van der Waals surface area contributed by atoms with Gasteiger partial charge in [0.05, 0.1) is 6.21 Å². The van der Waals surface area contributed by atoms with Gasteiger partial charge in [0.1, 0.15) is 5.69 Å². The van der Waals surface area contributed by atoms with Gasteiger partial charge in [-0.15, -0.1) is 0 Å². The molecule has 0 unspecified atom stereocenters. The molecule has 0 saturated heterocycles. The average molecular weight is 196 g/mol. The Morgan fingerprint density at radius 1 is 1.64 bits per heavy atom. The van der Waals surface area contributed by atoms with Crippen molar-refractivity contribution in [2.24, 2.45) is 10.8 Å². The molecule has 1 aromatic heterocycles. The van der Waals surface area contributed by atoms with Crippen LogP contribution in [0, 0.1) is 0 Å². The van der Waals surface area contributed by atoms with Crippen molar-refractivity contribution in [2.45, 2.75) is 0 Å². The minimum absolute atomic E-state index is 0.0468. The van der Waals surface area contributed by atoms with Gasteiger partial charge in [0.15, 0.2) is 0 Å². The van der Waals surface area contributed by atoms with Gasteiger partial charge in [-0.3, -0.25) is 0 Å². The molecule has 0 aliphatic rings. The standard InChI is InChI=1S/C7H8N4O3/c8-7(14)11-10-3-4-1-5(6(12)13)9-2-4/h1-3,9H,(H,12,13)(H3,8,11,14)/b10-3+. The Labute approximate surface area is 78.6 Å². The maximum Gasteiger partial charge on any atom is 0.352 e. The number of nitrogens with two attached hydrogens (primary N) is 1. The molecule has 1 aromatic rings. The van der Waals surface area contributed by atoms with Crippen LogP contribution in [0.2, 0.25) is 0 Å². The number of nitrogens with zero attached hydrogens (tertiary/aromatic N) is 1. The van der Waals surface area contributed by atoms with Crippen LogP contribution in [0.25, 0.3) is 0 Å². The number of carboxylic acid groups (broad SMARTS) is 1. The number of aromatic nitrogens is 1. The summed E-state index contributed by atoms with van der Waals surface area (Å²) in [5.41, 5.74) is 7.29. The number of carbonyl (C=O) groups is 2. The highest BCUT2D eigenvalue weighted by Crippen LogP contribution is 1.99. The summed E-state index contributed by atoms with van der Waals surface area (Å²) in [4.78, 5) is 23.1. The number of urea groups is 1. The number of aromatic carboxylic acids is 1. The van der Waals surface area contributed by atoms with Crippen LogP contribution in [0.15, 0.2) is 17.4 Å². The lowest BCUT2D eigenvalue weighted by Gasteiger charge is -1.88. The first-order chi connectivity index (χ1) is 6.59. The van der Waals surface area contributed by atoms with Crippen LogP contribution in [0.4, 0.5) is 4.79 Å².